The average Bonchev–Trinajstić information content (AvgIpc) is 2.37. The van der Waals surface area contributed by atoms with Crippen LogP contribution in [-0.2, 0) is 11.3 Å². The number of hydrogen-bond donors (Lipinski definition) is 1. The van der Waals surface area contributed by atoms with Crippen LogP contribution in [0.4, 0.5) is 5.82 Å². The summed E-state index contributed by atoms with van der Waals surface area (Å²) in [5, 5.41) is 2.96. The Bertz CT molecular complexity index is 315. The lowest BCUT2D eigenvalue weighted by atomic mass is 10.2. The Hall–Kier alpha value is -1.20. The zero-order valence-corrected chi connectivity index (χ0v) is 11.1. The van der Waals surface area contributed by atoms with Gasteiger partial charge in [0.05, 0.1) is 24.7 Å². The zero-order chi connectivity index (χ0) is 12.7. The van der Waals surface area contributed by atoms with Gasteiger partial charge in [-0.1, -0.05) is 6.92 Å². The maximum atomic E-state index is 5.17. The maximum absolute atomic E-state index is 5.17. The molecule has 0 bridgehead atoms. The molecule has 1 heterocycles. The van der Waals surface area contributed by atoms with Gasteiger partial charge in [-0.05, 0) is 13.5 Å². The van der Waals surface area contributed by atoms with Gasteiger partial charge < -0.3 is 10.1 Å². The van der Waals surface area contributed by atoms with E-state index in [-0.39, 0.29) is 0 Å². The molecule has 1 rings (SSSR count). The number of anilines is 1. The van der Waals surface area contributed by atoms with E-state index < -0.39 is 0 Å². The highest BCUT2D eigenvalue weighted by Crippen LogP contribution is 2.07. The third-order valence-electron chi connectivity index (χ3n) is 2.76. The SMILES string of the molecule is CCN(Cc1cnc(NC)cn1)C(C)COC. The van der Waals surface area contributed by atoms with Gasteiger partial charge in [0.25, 0.3) is 0 Å². The minimum Gasteiger partial charge on any atom is -0.383 e. The molecule has 0 spiro atoms. The first-order valence-electron chi connectivity index (χ1n) is 5.92. The Morgan fingerprint density at radius 2 is 2.18 bits per heavy atom. The van der Waals surface area contributed by atoms with Crippen molar-refractivity contribution in [3.05, 3.63) is 18.1 Å². The summed E-state index contributed by atoms with van der Waals surface area (Å²) in [5.41, 5.74) is 0.980. The van der Waals surface area contributed by atoms with Crippen molar-refractivity contribution in [3.8, 4) is 0 Å². The lowest BCUT2D eigenvalue weighted by Crippen LogP contribution is -2.35. The predicted octanol–water partition coefficient (Wildman–Crippen LogP) is 1.38. The van der Waals surface area contributed by atoms with Crippen molar-refractivity contribution < 1.29 is 4.74 Å². The molecule has 1 atom stereocenters. The summed E-state index contributed by atoms with van der Waals surface area (Å²) in [5.74, 6) is 0.793. The predicted molar refractivity (Wildman–Crippen MR) is 69.0 cm³/mol. The first-order valence-corrected chi connectivity index (χ1v) is 5.92. The molecule has 96 valence electrons. The number of likely N-dealkylation sites (N-methyl/N-ethyl adjacent to an activating group) is 1. The molecular weight excluding hydrogens is 216 g/mol. The van der Waals surface area contributed by atoms with Gasteiger partial charge in [0.2, 0.25) is 0 Å². The Labute approximate surface area is 103 Å². The topological polar surface area (TPSA) is 50.3 Å². The van der Waals surface area contributed by atoms with Crippen LogP contribution in [0, 0.1) is 0 Å². The van der Waals surface area contributed by atoms with Gasteiger partial charge >= 0.3 is 0 Å². The number of ether oxygens (including phenoxy) is 1. The third-order valence-corrected chi connectivity index (χ3v) is 2.76. The highest BCUT2D eigenvalue weighted by molar-refractivity contribution is 5.29. The van der Waals surface area contributed by atoms with E-state index >= 15 is 0 Å². The summed E-state index contributed by atoms with van der Waals surface area (Å²) in [4.78, 5) is 10.9. The van der Waals surface area contributed by atoms with Crippen LogP contribution >= 0.6 is 0 Å². The van der Waals surface area contributed by atoms with Gasteiger partial charge in [-0.2, -0.15) is 0 Å². The van der Waals surface area contributed by atoms with Gasteiger partial charge in [0.1, 0.15) is 5.82 Å². The molecule has 0 saturated heterocycles. The second-order valence-corrected chi connectivity index (χ2v) is 4.01. The van der Waals surface area contributed by atoms with E-state index in [1.165, 1.54) is 0 Å². The second kappa shape index (κ2) is 7.19. The van der Waals surface area contributed by atoms with Crippen LogP contribution in [0.3, 0.4) is 0 Å². The minimum atomic E-state index is 0.385. The number of hydrogen-bond acceptors (Lipinski definition) is 5. The Balaban J connectivity index is 2.60. The fourth-order valence-electron chi connectivity index (χ4n) is 1.70. The van der Waals surface area contributed by atoms with Gasteiger partial charge in [0, 0.05) is 26.7 Å². The van der Waals surface area contributed by atoms with Crippen molar-refractivity contribution >= 4 is 5.82 Å². The summed E-state index contributed by atoms with van der Waals surface area (Å²) < 4.78 is 5.17. The van der Waals surface area contributed by atoms with E-state index in [9.17, 15) is 0 Å². The Kier molecular flexibility index (Phi) is 5.86. The second-order valence-electron chi connectivity index (χ2n) is 4.01. The molecule has 17 heavy (non-hydrogen) atoms. The molecule has 1 N–H and O–H groups in total. The van der Waals surface area contributed by atoms with Gasteiger partial charge in [0.15, 0.2) is 0 Å². The van der Waals surface area contributed by atoms with Crippen molar-refractivity contribution in [3.63, 3.8) is 0 Å². The molecule has 1 unspecified atom stereocenters. The average molecular weight is 238 g/mol. The summed E-state index contributed by atoms with van der Waals surface area (Å²) in [6.45, 7) is 6.80. The van der Waals surface area contributed by atoms with E-state index in [2.05, 4.69) is 34.0 Å². The normalized spacial score (nSPS) is 12.8. The van der Waals surface area contributed by atoms with Crippen molar-refractivity contribution in [1.82, 2.24) is 14.9 Å². The summed E-state index contributed by atoms with van der Waals surface area (Å²) in [6, 6.07) is 0.385. The Morgan fingerprint density at radius 3 is 2.65 bits per heavy atom. The smallest absolute Gasteiger partial charge is 0.144 e. The molecule has 0 aliphatic rings. The lowest BCUT2D eigenvalue weighted by molar-refractivity contribution is 0.0973. The molecule has 5 nitrogen and oxygen atoms in total. The van der Waals surface area contributed by atoms with Gasteiger partial charge in [-0.25, -0.2) is 4.98 Å². The van der Waals surface area contributed by atoms with Crippen LogP contribution in [0.1, 0.15) is 19.5 Å². The number of nitrogens with zero attached hydrogens (tertiary/aromatic N) is 3. The van der Waals surface area contributed by atoms with E-state index in [0.29, 0.717) is 6.04 Å². The first kappa shape index (κ1) is 13.9. The van der Waals surface area contributed by atoms with E-state index in [1.807, 2.05) is 13.2 Å². The van der Waals surface area contributed by atoms with Crippen molar-refractivity contribution in [2.24, 2.45) is 0 Å². The van der Waals surface area contributed by atoms with E-state index in [1.54, 1.807) is 13.3 Å². The summed E-state index contributed by atoms with van der Waals surface area (Å²) in [6.07, 6.45) is 3.57. The fraction of sp³-hybridized carbons (Fsp3) is 0.667. The summed E-state index contributed by atoms with van der Waals surface area (Å²) >= 11 is 0. The van der Waals surface area contributed by atoms with Crippen molar-refractivity contribution in [1.29, 1.82) is 0 Å². The quantitative estimate of drug-likeness (QED) is 0.777. The largest absolute Gasteiger partial charge is 0.383 e. The molecule has 0 fully saturated rings. The molecule has 1 aromatic rings. The number of methoxy groups -OCH3 is 1. The van der Waals surface area contributed by atoms with Crippen molar-refractivity contribution in [2.75, 3.05) is 32.6 Å². The molecular formula is C12H22N4O. The molecule has 0 amide bonds. The molecule has 0 aliphatic carbocycles. The zero-order valence-electron chi connectivity index (χ0n) is 11.1. The van der Waals surface area contributed by atoms with Crippen molar-refractivity contribution in [2.45, 2.75) is 26.4 Å². The monoisotopic (exact) mass is 238 g/mol. The lowest BCUT2D eigenvalue weighted by Gasteiger charge is -2.26. The van der Waals surface area contributed by atoms with Crippen LogP contribution in [0.15, 0.2) is 12.4 Å². The molecule has 0 aliphatic heterocycles. The third kappa shape index (κ3) is 4.28. The summed E-state index contributed by atoms with van der Waals surface area (Å²) in [7, 11) is 3.56. The van der Waals surface area contributed by atoms with Crippen LogP contribution in [0.25, 0.3) is 0 Å². The standard InChI is InChI=1S/C12H22N4O/c1-5-16(10(2)9-17-4)8-11-6-15-12(13-3)7-14-11/h6-7,10H,5,8-9H2,1-4H3,(H,13,15). The van der Waals surface area contributed by atoms with Crippen LogP contribution in [0.5, 0.6) is 0 Å². The maximum Gasteiger partial charge on any atom is 0.144 e. The van der Waals surface area contributed by atoms with E-state index in [0.717, 1.165) is 31.2 Å². The first-order chi connectivity index (χ1) is 8.21. The van der Waals surface area contributed by atoms with Gasteiger partial charge in [-0.3, -0.25) is 9.88 Å². The van der Waals surface area contributed by atoms with Crippen LogP contribution in [0.2, 0.25) is 0 Å². The molecule has 0 saturated carbocycles. The van der Waals surface area contributed by atoms with Gasteiger partial charge in [-0.15, -0.1) is 0 Å². The van der Waals surface area contributed by atoms with Crippen LogP contribution in [-0.4, -0.2) is 48.2 Å². The van der Waals surface area contributed by atoms with Crippen LogP contribution < -0.4 is 5.32 Å². The fourth-order valence-corrected chi connectivity index (χ4v) is 1.70. The Morgan fingerprint density at radius 1 is 1.41 bits per heavy atom. The number of rotatable bonds is 7. The highest BCUT2D eigenvalue weighted by atomic mass is 16.5. The van der Waals surface area contributed by atoms with E-state index in [4.69, 9.17) is 4.74 Å². The highest BCUT2D eigenvalue weighted by Gasteiger charge is 2.12. The number of aromatic nitrogens is 2. The molecule has 0 aromatic carbocycles. The molecule has 0 radical (unpaired) electrons. The molecule has 1 aromatic heterocycles. The molecule has 5 heteroatoms. The minimum absolute atomic E-state index is 0.385. The number of nitrogens with one attached hydrogen (secondary N) is 1.